The average molecular weight is 206 g/mol. The van der Waals surface area contributed by atoms with Crippen LogP contribution in [0.5, 0.6) is 0 Å². The van der Waals surface area contributed by atoms with Crippen molar-refractivity contribution in [3.05, 3.63) is 11.6 Å². The number of carbonyl (C=O) groups is 1. The summed E-state index contributed by atoms with van der Waals surface area (Å²) in [5, 5.41) is 0. The van der Waals surface area contributed by atoms with Crippen molar-refractivity contribution in [3.63, 3.8) is 0 Å². The molecule has 15 heavy (non-hydrogen) atoms. The molecule has 0 aromatic rings. The number of carbonyl (C=O) groups excluding carboxylic acids is 1. The summed E-state index contributed by atoms with van der Waals surface area (Å²) < 4.78 is 0. The highest BCUT2D eigenvalue weighted by Gasteiger charge is 2.36. The van der Waals surface area contributed by atoms with E-state index in [-0.39, 0.29) is 5.78 Å². The average Bonchev–Trinajstić information content (AvgIpc) is 2.19. The van der Waals surface area contributed by atoms with Gasteiger partial charge in [0.1, 0.15) is 0 Å². The van der Waals surface area contributed by atoms with E-state index in [0.717, 1.165) is 23.8 Å². The fourth-order valence-corrected chi connectivity index (χ4v) is 3.49. The van der Waals surface area contributed by atoms with E-state index in [1.54, 1.807) is 6.92 Å². The number of hydrogen-bond acceptors (Lipinski definition) is 1. The fraction of sp³-hybridized carbons (Fsp3) is 0.786. The van der Waals surface area contributed by atoms with E-state index in [9.17, 15) is 4.79 Å². The third-order valence-electron chi connectivity index (χ3n) is 4.47. The molecule has 0 bridgehead atoms. The van der Waals surface area contributed by atoms with E-state index in [1.165, 1.54) is 19.3 Å². The lowest BCUT2D eigenvalue weighted by molar-refractivity contribution is -0.114. The first-order valence-corrected chi connectivity index (χ1v) is 6.31. The first kappa shape index (κ1) is 10.9. The quantitative estimate of drug-likeness (QED) is 0.640. The monoisotopic (exact) mass is 206 g/mol. The van der Waals surface area contributed by atoms with Gasteiger partial charge in [-0.2, -0.15) is 0 Å². The molecule has 2 unspecified atom stereocenters. The minimum absolute atomic E-state index is 0.290. The van der Waals surface area contributed by atoms with Gasteiger partial charge < -0.3 is 0 Å². The molecule has 0 saturated heterocycles. The molecule has 4 atom stereocenters. The van der Waals surface area contributed by atoms with E-state index < -0.39 is 0 Å². The molecule has 0 N–H and O–H groups in total. The molecule has 1 nitrogen and oxygen atoms in total. The van der Waals surface area contributed by atoms with E-state index in [1.807, 2.05) is 0 Å². The summed E-state index contributed by atoms with van der Waals surface area (Å²) in [5.74, 6) is 3.30. The van der Waals surface area contributed by atoms with Gasteiger partial charge in [0.2, 0.25) is 0 Å². The summed E-state index contributed by atoms with van der Waals surface area (Å²) in [5.41, 5.74) is 1.09. The molecule has 0 heterocycles. The van der Waals surface area contributed by atoms with Crippen molar-refractivity contribution in [2.45, 2.75) is 46.5 Å². The number of hydrogen-bond donors (Lipinski definition) is 0. The van der Waals surface area contributed by atoms with Gasteiger partial charge in [-0.15, -0.1) is 0 Å². The Morgan fingerprint density at radius 2 is 2.00 bits per heavy atom. The van der Waals surface area contributed by atoms with Crippen molar-refractivity contribution in [2.24, 2.45) is 23.7 Å². The number of rotatable bonds is 1. The second kappa shape index (κ2) is 4.11. The van der Waals surface area contributed by atoms with Gasteiger partial charge in [0.15, 0.2) is 5.78 Å². The predicted molar refractivity (Wildman–Crippen MR) is 62.5 cm³/mol. The topological polar surface area (TPSA) is 17.1 Å². The van der Waals surface area contributed by atoms with Crippen LogP contribution in [0.2, 0.25) is 0 Å². The second-order valence-corrected chi connectivity index (χ2v) is 5.58. The van der Waals surface area contributed by atoms with Crippen LogP contribution in [0.4, 0.5) is 0 Å². The van der Waals surface area contributed by atoms with E-state index >= 15 is 0 Å². The molecule has 1 saturated carbocycles. The van der Waals surface area contributed by atoms with Crippen molar-refractivity contribution in [3.8, 4) is 0 Å². The molecule has 0 aliphatic heterocycles. The lowest BCUT2D eigenvalue weighted by Crippen LogP contribution is -2.33. The highest BCUT2D eigenvalue weighted by molar-refractivity contribution is 5.93. The van der Waals surface area contributed by atoms with Crippen LogP contribution in [0, 0.1) is 23.7 Å². The minimum atomic E-state index is 0.290. The van der Waals surface area contributed by atoms with Gasteiger partial charge in [0.05, 0.1) is 0 Å². The summed E-state index contributed by atoms with van der Waals surface area (Å²) in [6.07, 6.45) is 7.42. The number of fused-ring (bicyclic) bond motifs is 1. The van der Waals surface area contributed by atoms with Crippen molar-refractivity contribution in [1.82, 2.24) is 0 Å². The molecule has 2 aliphatic rings. The third kappa shape index (κ3) is 2.02. The maximum Gasteiger partial charge on any atom is 0.155 e. The van der Waals surface area contributed by atoms with Gasteiger partial charge >= 0.3 is 0 Å². The molecule has 1 fully saturated rings. The number of Topliss-reactive ketones (excluding diaryl/α,β-unsaturated/α-hetero) is 1. The van der Waals surface area contributed by atoms with Crippen LogP contribution < -0.4 is 0 Å². The van der Waals surface area contributed by atoms with Crippen LogP contribution >= 0.6 is 0 Å². The highest BCUT2D eigenvalue weighted by atomic mass is 16.1. The Hall–Kier alpha value is -0.590. The fourth-order valence-electron chi connectivity index (χ4n) is 3.49. The maximum absolute atomic E-state index is 11.5. The van der Waals surface area contributed by atoms with Gasteiger partial charge in [-0.3, -0.25) is 4.79 Å². The van der Waals surface area contributed by atoms with Crippen molar-refractivity contribution >= 4 is 5.78 Å². The van der Waals surface area contributed by atoms with Crippen LogP contribution in [0.3, 0.4) is 0 Å². The molecule has 0 radical (unpaired) electrons. The zero-order chi connectivity index (χ0) is 11.0. The summed E-state index contributed by atoms with van der Waals surface area (Å²) in [4.78, 5) is 11.5. The van der Waals surface area contributed by atoms with Crippen molar-refractivity contribution in [1.29, 1.82) is 0 Å². The first-order valence-electron chi connectivity index (χ1n) is 6.31. The van der Waals surface area contributed by atoms with E-state index in [4.69, 9.17) is 0 Å². The third-order valence-corrected chi connectivity index (χ3v) is 4.47. The molecule has 0 amide bonds. The Morgan fingerprint density at radius 3 is 2.67 bits per heavy atom. The first-order chi connectivity index (χ1) is 7.09. The van der Waals surface area contributed by atoms with Crippen LogP contribution in [0.1, 0.15) is 46.5 Å². The zero-order valence-electron chi connectivity index (χ0n) is 10.1. The Balaban J connectivity index is 2.25. The molecular formula is C14H22O. The smallest absolute Gasteiger partial charge is 0.155 e. The summed E-state index contributed by atoms with van der Waals surface area (Å²) >= 11 is 0. The Labute approximate surface area is 92.9 Å². The van der Waals surface area contributed by atoms with Gasteiger partial charge in [-0.1, -0.05) is 32.8 Å². The SMILES string of the molecule is CC(=O)C1=CC2C(CCC[C@@H]2C)[C@@H](C)C1. The predicted octanol–water partition coefficient (Wildman–Crippen LogP) is 3.59. The maximum atomic E-state index is 11.5. The molecule has 2 aliphatic carbocycles. The van der Waals surface area contributed by atoms with Gasteiger partial charge in [0, 0.05) is 0 Å². The molecule has 2 rings (SSSR count). The second-order valence-electron chi connectivity index (χ2n) is 5.58. The van der Waals surface area contributed by atoms with Gasteiger partial charge in [0.25, 0.3) is 0 Å². The lowest BCUT2D eigenvalue weighted by Gasteiger charge is -2.42. The summed E-state index contributed by atoms with van der Waals surface area (Å²) in [6.45, 7) is 6.39. The molecule has 0 aromatic carbocycles. The van der Waals surface area contributed by atoms with Gasteiger partial charge in [-0.25, -0.2) is 0 Å². The summed E-state index contributed by atoms with van der Waals surface area (Å²) in [6, 6.07) is 0. The Morgan fingerprint density at radius 1 is 1.27 bits per heavy atom. The molecule has 84 valence electrons. The van der Waals surface area contributed by atoms with Crippen molar-refractivity contribution in [2.75, 3.05) is 0 Å². The summed E-state index contributed by atoms with van der Waals surface area (Å²) in [7, 11) is 0. The largest absolute Gasteiger partial charge is 0.295 e. The number of ketones is 1. The minimum Gasteiger partial charge on any atom is -0.295 e. The van der Waals surface area contributed by atoms with Crippen LogP contribution in [0.15, 0.2) is 11.6 Å². The lowest BCUT2D eigenvalue weighted by atomic mass is 9.63. The Bertz CT molecular complexity index is 290. The standard InChI is InChI=1S/C14H22O/c1-9-5-4-6-13-10(2)7-12(11(3)15)8-14(9)13/h8-10,13-14H,4-7H2,1-3H3/t9-,10-,13?,14?/m0/s1. The number of allylic oxidation sites excluding steroid dienone is 2. The zero-order valence-corrected chi connectivity index (χ0v) is 10.1. The van der Waals surface area contributed by atoms with Crippen molar-refractivity contribution < 1.29 is 4.79 Å². The van der Waals surface area contributed by atoms with Crippen LogP contribution in [-0.4, -0.2) is 5.78 Å². The molecule has 0 spiro atoms. The van der Waals surface area contributed by atoms with Crippen LogP contribution in [-0.2, 0) is 4.79 Å². The molecule has 0 aromatic heterocycles. The molecular weight excluding hydrogens is 184 g/mol. The highest BCUT2D eigenvalue weighted by Crippen LogP contribution is 2.45. The van der Waals surface area contributed by atoms with E-state index in [0.29, 0.717) is 11.8 Å². The normalized spacial score (nSPS) is 40.6. The Kier molecular flexibility index (Phi) is 2.99. The van der Waals surface area contributed by atoms with E-state index in [2.05, 4.69) is 19.9 Å². The molecule has 1 heteroatoms. The van der Waals surface area contributed by atoms with Crippen LogP contribution in [0.25, 0.3) is 0 Å². The van der Waals surface area contributed by atoms with Gasteiger partial charge in [-0.05, 0) is 49.0 Å².